The number of hydrogen-bond acceptors (Lipinski definition) is 4. The lowest BCUT2D eigenvalue weighted by atomic mass is 10.2. The minimum Gasteiger partial charge on any atom is -0.495 e. The molecular formula is C12H16N2O3S. The van der Waals surface area contributed by atoms with E-state index in [0.717, 1.165) is 5.56 Å². The van der Waals surface area contributed by atoms with Crippen LogP contribution in [0.1, 0.15) is 12.5 Å². The molecule has 1 aromatic carbocycles. The molecule has 98 valence electrons. The van der Waals surface area contributed by atoms with Gasteiger partial charge in [-0.1, -0.05) is 5.92 Å². The Morgan fingerprint density at radius 2 is 2.11 bits per heavy atom. The summed E-state index contributed by atoms with van der Waals surface area (Å²) in [5.74, 6) is 2.53. The molecule has 5 nitrogen and oxygen atoms in total. The molecule has 0 heterocycles. The van der Waals surface area contributed by atoms with Gasteiger partial charge in [0, 0.05) is 5.69 Å². The van der Waals surface area contributed by atoms with Gasteiger partial charge in [-0.05, 0) is 31.5 Å². The van der Waals surface area contributed by atoms with Crippen LogP contribution in [0.3, 0.4) is 0 Å². The summed E-state index contributed by atoms with van der Waals surface area (Å²) in [5, 5.41) is 0. The summed E-state index contributed by atoms with van der Waals surface area (Å²) < 4.78 is 31.6. The molecule has 0 aliphatic heterocycles. The van der Waals surface area contributed by atoms with Gasteiger partial charge < -0.3 is 10.5 Å². The Labute approximate surface area is 107 Å². The first-order valence-corrected chi connectivity index (χ1v) is 6.72. The number of rotatable bonds is 4. The Balaban J connectivity index is 3.32. The average molecular weight is 268 g/mol. The topological polar surface area (TPSA) is 81.4 Å². The third-order valence-corrected chi connectivity index (χ3v) is 3.99. The molecule has 0 fully saturated rings. The van der Waals surface area contributed by atoms with Crippen LogP contribution in [0, 0.1) is 19.3 Å². The second-order valence-corrected chi connectivity index (χ2v) is 5.55. The van der Waals surface area contributed by atoms with Crippen LogP contribution in [-0.2, 0) is 10.0 Å². The van der Waals surface area contributed by atoms with Gasteiger partial charge in [-0.3, -0.25) is 0 Å². The zero-order valence-corrected chi connectivity index (χ0v) is 11.3. The van der Waals surface area contributed by atoms with Crippen LogP contribution in [-0.4, -0.2) is 21.6 Å². The Hall–Kier alpha value is -1.71. The predicted molar refractivity (Wildman–Crippen MR) is 70.8 cm³/mol. The van der Waals surface area contributed by atoms with E-state index in [1.165, 1.54) is 13.2 Å². The summed E-state index contributed by atoms with van der Waals surface area (Å²) in [6.07, 6.45) is 5.15. The second-order valence-electron chi connectivity index (χ2n) is 3.87. The molecule has 6 heteroatoms. The van der Waals surface area contributed by atoms with E-state index in [2.05, 4.69) is 10.6 Å². The van der Waals surface area contributed by atoms with Crippen LogP contribution in [0.4, 0.5) is 5.69 Å². The fourth-order valence-electron chi connectivity index (χ4n) is 1.38. The lowest BCUT2D eigenvalue weighted by Gasteiger charge is -2.14. The number of aryl methyl sites for hydroxylation is 1. The number of nitrogen functional groups attached to an aromatic ring is 1. The minimum atomic E-state index is -3.75. The monoisotopic (exact) mass is 268 g/mol. The maximum absolute atomic E-state index is 12.1. The number of sulfonamides is 1. The lowest BCUT2D eigenvalue weighted by molar-refractivity contribution is 0.402. The average Bonchev–Trinajstić information content (AvgIpc) is 2.31. The van der Waals surface area contributed by atoms with E-state index in [4.69, 9.17) is 16.9 Å². The number of anilines is 1. The van der Waals surface area contributed by atoms with Crippen LogP contribution >= 0.6 is 0 Å². The molecule has 1 aromatic rings. The lowest BCUT2D eigenvalue weighted by Crippen LogP contribution is -2.31. The first kappa shape index (κ1) is 14.4. The first-order chi connectivity index (χ1) is 8.31. The predicted octanol–water partition coefficient (Wildman–Crippen LogP) is 0.886. The van der Waals surface area contributed by atoms with Gasteiger partial charge in [-0.2, -0.15) is 4.72 Å². The molecule has 1 rings (SSSR count). The number of hydrogen-bond donors (Lipinski definition) is 2. The van der Waals surface area contributed by atoms with Crippen molar-refractivity contribution in [1.82, 2.24) is 4.72 Å². The highest BCUT2D eigenvalue weighted by atomic mass is 32.2. The molecule has 0 aliphatic rings. The molecule has 0 amide bonds. The molecule has 0 aromatic heterocycles. The van der Waals surface area contributed by atoms with Crippen molar-refractivity contribution in [1.29, 1.82) is 0 Å². The standard InChI is InChI=1S/C12H16N2O3S/c1-5-9(3)14-18(15,16)12-7-10(13)8(2)6-11(12)17-4/h1,6-7,9,14H,13H2,2-4H3. The van der Waals surface area contributed by atoms with E-state index in [1.807, 2.05) is 0 Å². The van der Waals surface area contributed by atoms with Crippen molar-refractivity contribution in [3.8, 4) is 18.1 Å². The molecular weight excluding hydrogens is 252 g/mol. The van der Waals surface area contributed by atoms with Gasteiger partial charge in [-0.15, -0.1) is 6.42 Å². The molecule has 1 atom stereocenters. The Morgan fingerprint density at radius 3 is 2.61 bits per heavy atom. The van der Waals surface area contributed by atoms with Crippen molar-refractivity contribution in [2.75, 3.05) is 12.8 Å². The summed E-state index contributed by atoms with van der Waals surface area (Å²) >= 11 is 0. The number of nitrogens with two attached hydrogens (primary N) is 1. The van der Waals surface area contributed by atoms with Crippen LogP contribution in [0.25, 0.3) is 0 Å². The maximum atomic E-state index is 12.1. The summed E-state index contributed by atoms with van der Waals surface area (Å²) in [6, 6.07) is 2.33. The van der Waals surface area contributed by atoms with E-state index >= 15 is 0 Å². The van der Waals surface area contributed by atoms with Gasteiger partial charge in [-0.25, -0.2) is 8.42 Å². The SMILES string of the molecule is C#CC(C)NS(=O)(=O)c1cc(N)c(C)cc1OC. The fraction of sp³-hybridized carbons (Fsp3) is 0.333. The van der Waals surface area contributed by atoms with Crippen LogP contribution in [0.2, 0.25) is 0 Å². The van der Waals surface area contributed by atoms with Crippen molar-refractivity contribution >= 4 is 15.7 Å². The highest BCUT2D eigenvalue weighted by Crippen LogP contribution is 2.28. The normalized spacial score (nSPS) is 12.8. The molecule has 1 unspecified atom stereocenters. The van der Waals surface area contributed by atoms with Crippen LogP contribution < -0.4 is 15.2 Å². The Kier molecular flexibility index (Phi) is 4.22. The fourth-order valence-corrected chi connectivity index (χ4v) is 2.73. The van der Waals surface area contributed by atoms with Gasteiger partial charge in [0.05, 0.1) is 13.2 Å². The van der Waals surface area contributed by atoms with Crippen molar-refractivity contribution in [3.05, 3.63) is 17.7 Å². The van der Waals surface area contributed by atoms with E-state index in [1.54, 1.807) is 19.9 Å². The van der Waals surface area contributed by atoms with Gasteiger partial charge in [0.15, 0.2) is 0 Å². The number of ether oxygens (including phenoxy) is 1. The van der Waals surface area contributed by atoms with E-state index in [0.29, 0.717) is 5.69 Å². The summed E-state index contributed by atoms with van der Waals surface area (Å²) in [5.41, 5.74) is 6.84. The largest absolute Gasteiger partial charge is 0.495 e. The molecule has 18 heavy (non-hydrogen) atoms. The molecule has 0 radical (unpaired) electrons. The number of methoxy groups -OCH3 is 1. The van der Waals surface area contributed by atoms with Crippen molar-refractivity contribution in [2.45, 2.75) is 24.8 Å². The quantitative estimate of drug-likeness (QED) is 0.627. The Bertz CT molecular complexity index is 588. The van der Waals surface area contributed by atoms with Gasteiger partial charge in [0.1, 0.15) is 10.6 Å². The van der Waals surface area contributed by atoms with Gasteiger partial charge in [0.2, 0.25) is 10.0 Å². The van der Waals surface area contributed by atoms with E-state index in [-0.39, 0.29) is 10.6 Å². The minimum absolute atomic E-state index is 0.0183. The number of nitrogens with one attached hydrogen (secondary N) is 1. The van der Waals surface area contributed by atoms with Gasteiger partial charge >= 0.3 is 0 Å². The zero-order valence-electron chi connectivity index (χ0n) is 10.5. The number of terminal acetylenes is 1. The van der Waals surface area contributed by atoms with Crippen LogP contribution in [0.5, 0.6) is 5.75 Å². The molecule has 0 aliphatic carbocycles. The highest BCUT2D eigenvalue weighted by Gasteiger charge is 2.22. The first-order valence-electron chi connectivity index (χ1n) is 5.24. The smallest absolute Gasteiger partial charge is 0.245 e. The molecule has 0 bridgehead atoms. The third kappa shape index (κ3) is 2.94. The molecule has 0 saturated heterocycles. The second kappa shape index (κ2) is 5.29. The summed E-state index contributed by atoms with van der Waals surface area (Å²) in [4.78, 5) is -0.0183. The van der Waals surface area contributed by atoms with Crippen LogP contribution in [0.15, 0.2) is 17.0 Å². The van der Waals surface area contributed by atoms with E-state index < -0.39 is 16.1 Å². The summed E-state index contributed by atoms with van der Waals surface area (Å²) in [7, 11) is -2.35. The van der Waals surface area contributed by atoms with Gasteiger partial charge in [0.25, 0.3) is 0 Å². The summed E-state index contributed by atoms with van der Waals surface area (Å²) in [6.45, 7) is 3.34. The third-order valence-electron chi connectivity index (χ3n) is 2.42. The maximum Gasteiger partial charge on any atom is 0.245 e. The zero-order chi connectivity index (χ0) is 13.9. The van der Waals surface area contributed by atoms with Crippen molar-refractivity contribution < 1.29 is 13.2 Å². The number of benzene rings is 1. The molecule has 0 spiro atoms. The van der Waals surface area contributed by atoms with Crippen molar-refractivity contribution in [2.24, 2.45) is 0 Å². The highest BCUT2D eigenvalue weighted by molar-refractivity contribution is 7.89. The van der Waals surface area contributed by atoms with E-state index in [9.17, 15) is 8.42 Å². The Morgan fingerprint density at radius 1 is 1.50 bits per heavy atom. The molecule has 3 N–H and O–H groups in total. The van der Waals surface area contributed by atoms with Crippen molar-refractivity contribution in [3.63, 3.8) is 0 Å². The molecule has 0 saturated carbocycles.